The van der Waals surface area contributed by atoms with Gasteiger partial charge in [0.2, 0.25) is 0 Å². The van der Waals surface area contributed by atoms with Gasteiger partial charge in [-0.05, 0) is 6.07 Å². The van der Waals surface area contributed by atoms with E-state index in [0.29, 0.717) is 10.0 Å². The van der Waals surface area contributed by atoms with E-state index in [9.17, 15) is 0 Å². The first-order valence-corrected chi connectivity index (χ1v) is 3.84. The Balaban J connectivity index is 3.19. The molecule has 2 N–H and O–H groups in total. The van der Waals surface area contributed by atoms with Gasteiger partial charge in [0.15, 0.2) is 12.4 Å². The summed E-state index contributed by atoms with van der Waals surface area (Å²) in [7, 11) is 1.87. The molecule has 0 radical (unpaired) electrons. The Hall–Kier alpha value is -0.670. The summed E-state index contributed by atoms with van der Waals surface area (Å²) in [4.78, 5) is 0.364. The Morgan fingerprint density at radius 2 is 2.27 bits per heavy atom. The van der Waals surface area contributed by atoms with Gasteiger partial charge in [-0.1, -0.05) is 23.8 Å². The van der Waals surface area contributed by atoms with E-state index in [1.165, 1.54) is 0 Å². The Labute approximate surface area is 75.6 Å². The summed E-state index contributed by atoms with van der Waals surface area (Å²) in [5.74, 6) is 0. The monoisotopic (exact) mass is 187 g/mol. The van der Waals surface area contributed by atoms with Gasteiger partial charge in [-0.25, -0.2) is 4.57 Å². The lowest BCUT2D eigenvalue weighted by molar-refractivity contribution is -0.671. The lowest BCUT2D eigenvalue weighted by atomic mass is 10.3. The minimum Gasteiger partial charge on any atom is -0.389 e. The number of halogens is 1. The Kier molecular flexibility index (Phi) is 2.42. The van der Waals surface area contributed by atoms with Crippen LogP contribution in [0.2, 0.25) is 5.02 Å². The summed E-state index contributed by atoms with van der Waals surface area (Å²) in [5, 5.41) is 0.637. The summed E-state index contributed by atoms with van der Waals surface area (Å²) in [6.45, 7) is 0. The molecule has 1 aromatic heterocycles. The van der Waals surface area contributed by atoms with Crippen LogP contribution in [0.25, 0.3) is 0 Å². The van der Waals surface area contributed by atoms with Crippen LogP contribution in [0.3, 0.4) is 0 Å². The molecule has 1 aromatic rings. The second-order valence-electron chi connectivity index (χ2n) is 2.27. The molecule has 0 saturated heterocycles. The van der Waals surface area contributed by atoms with Crippen molar-refractivity contribution in [3.8, 4) is 0 Å². The molecule has 0 amide bonds. The lowest BCUT2D eigenvalue weighted by Crippen LogP contribution is -2.29. The van der Waals surface area contributed by atoms with Crippen LogP contribution < -0.4 is 10.3 Å². The van der Waals surface area contributed by atoms with Crippen LogP contribution in [-0.4, -0.2) is 4.99 Å². The minimum absolute atomic E-state index is 0.364. The van der Waals surface area contributed by atoms with Crippen molar-refractivity contribution < 1.29 is 4.57 Å². The highest BCUT2D eigenvalue weighted by Gasteiger charge is 2.03. The first-order valence-electron chi connectivity index (χ1n) is 3.05. The molecule has 11 heavy (non-hydrogen) atoms. The molecule has 4 heteroatoms. The third-order valence-electron chi connectivity index (χ3n) is 1.25. The molecule has 1 heterocycles. The highest BCUT2D eigenvalue weighted by molar-refractivity contribution is 7.80. The first-order chi connectivity index (χ1) is 5.09. The third-order valence-corrected chi connectivity index (χ3v) is 1.69. The van der Waals surface area contributed by atoms with Crippen molar-refractivity contribution in [2.45, 2.75) is 0 Å². The first kappa shape index (κ1) is 8.43. The predicted molar refractivity (Wildman–Crippen MR) is 48.5 cm³/mol. The molecule has 2 nitrogen and oxygen atoms in total. The van der Waals surface area contributed by atoms with Crippen LogP contribution in [0.5, 0.6) is 0 Å². The van der Waals surface area contributed by atoms with Crippen LogP contribution in [0, 0.1) is 0 Å². The molecule has 0 spiro atoms. The molecular formula is C7H8ClN2S+. The van der Waals surface area contributed by atoms with Crippen molar-refractivity contribution in [3.05, 3.63) is 29.0 Å². The van der Waals surface area contributed by atoms with E-state index in [1.54, 1.807) is 12.3 Å². The van der Waals surface area contributed by atoms with Crippen molar-refractivity contribution in [1.29, 1.82) is 0 Å². The quantitative estimate of drug-likeness (QED) is 0.521. The van der Waals surface area contributed by atoms with Gasteiger partial charge in [-0.2, -0.15) is 0 Å². The average Bonchev–Trinajstić information content (AvgIpc) is 1.85. The average molecular weight is 188 g/mol. The molecule has 0 aliphatic heterocycles. The maximum atomic E-state index is 5.76. The Morgan fingerprint density at radius 3 is 2.73 bits per heavy atom. The second kappa shape index (κ2) is 3.15. The maximum absolute atomic E-state index is 5.76. The highest BCUT2D eigenvalue weighted by Crippen LogP contribution is 2.06. The summed E-state index contributed by atoms with van der Waals surface area (Å²) in [6.07, 6.45) is 3.61. The van der Waals surface area contributed by atoms with Crippen LogP contribution in [0.15, 0.2) is 18.5 Å². The van der Waals surface area contributed by atoms with Crippen molar-refractivity contribution in [3.63, 3.8) is 0 Å². The molecule has 0 unspecified atom stereocenters. The predicted octanol–water partition coefficient (Wildman–Crippen LogP) is 0.799. The number of rotatable bonds is 1. The van der Waals surface area contributed by atoms with E-state index < -0.39 is 0 Å². The van der Waals surface area contributed by atoms with Crippen LogP contribution in [0.1, 0.15) is 5.56 Å². The summed E-state index contributed by atoms with van der Waals surface area (Å²) >= 11 is 10.5. The minimum atomic E-state index is 0.364. The van der Waals surface area contributed by atoms with Gasteiger partial charge in [0.25, 0.3) is 0 Å². The number of hydrogen-bond acceptors (Lipinski definition) is 1. The molecule has 0 fully saturated rings. The fraction of sp³-hybridized carbons (Fsp3) is 0.143. The summed E-state index contributed by atoms with van der Waals surface area (Å²) in [5.41, 5.74) is 6.20. The van der Waals surface area contributed by atoms with Gasteiger partial charge in [0.05, 0.1) is 5.56 Å². The highest BCUT2D eigenvalue weighted by atomic mass is 35.5. The molecule has 0 aliphatic rings. The van der Waals surface area contributed by atoms with Gasteiger partial charge in [0.1, 0.15) is 17.1 Å². The zero-order valence-corrected chi connectivity index (χ0v) is 7.62. The fourth-order valence-corrected chi connectivity index (χ4v) is 1.19. The zero-order valence-electron chi connectivity index (χ0n) is 6.04. The number of aryl methyl sites for hydroxylation is 1. The van der Waals surface area contributed by atoms with E-state index in [4.69, 9.17) is 29.6 Å². The van der Waals surface area contributed by atoms with Crippen LogP contribution in [0.4, 0.5) is 0 Å². The van der Waals surface area contributed by atoms with Crippen LogP contribution >= 0.6 is 23.8 Å². The maximum Gasteiger partial charge on any atom is 0.187 e. The molecule has 0 aliphatic carbocycles. The largest absolute Gasteiger partial charge is 0.389 e. The Bertz CT molecular complexity index is 278. The lowest BCUT2D eigenvalue weighted by Gasteiger charge is -1.95. The SMILES string of the molecule is C[n+]1cc(Cl)cc(C(N)=S)c1. The topological polar surface area (TPSA) is 29.9 Å². The number of thiocarbonyl (C=S) groups is 1. The molecule has 0 bridgehead atoms. The van der Waals surface area contributed by atoms with E-state index in [0.717, 1.165) is 5.56 Å². The standard InChI is InChI=1S/C7H7ClN2S/c1-10-3-5(7(9)11)2-6(8)4-10/h2-4H,1H3,(H-,9,11)/p+1. The second-order valence-corrected chi connectivity index (χ2v) is 3.15. The van der Waals surface area contributed by atoms with E-state index in [1.807, 2.05) is 17.8 Å². The number of nitrogens with two attached hydrogens (primary N) is 1. The summed E-state index contributed by atoms with van der Waals surface area (Å²) in [6, 6.07) is 1.74. The number of pyridine rings is 1. The van der Waals surface area contributed by atoms with E-state index >= 15 is 0 Å². The van der Waals surface area contributed by atoms with Crippen molar-refractivity contribution in [1.82, 2.24) is 0 Å². The normalized spacial score (nSPS) is 9.64. The molecule has 0 atom stereocenters. The van der Waals surface area contributed by atoms with Gasteiger partial charge >= 0.3 is 0 Å². The molecule has 58 valence electrons. The van der Waals surface area contributed by atoms with E-state index in [-0.39, 0.29) is 0 Å². The molecule has 1 rings (SSSR count). The number of hydrogen-bond donors (Lipinski definition) is 1. The molecule has 0 saturated carbocycles. The Morgan fingerprint density at radius 1 is 1.64 bits per heavy atom. The zero-order chi connectivity index (χ0) is 8.43. The van der Waals surface area contributed by atoms with Gasteiger partial charge < -0.3 is 5.73 Å². The third kappa shape index (κ3) is 2.13. The fourth-order valence-electron chi connectivity index (χ4n) is 0.809. The van der Waals surface area contributed by atoms with Gasteiger partial charge in [-0.3, -0.25) is 0 Å². The van der Waals surface area contributed by atoms with Gasteiger partial charge in [0, 0.05) is 0 Å². The molecular weight excluding hydrogens is 180 g/mol. The van der Waals surface area contributed by atoms with Crippen molar-refractivity contribution in [2.24, 2.45) is 12.8 Å². The van der Waals surface area contributed by atoms with E-state index in [2.05, 4.69) is 0 Å². The number of aromatic nitrogens is 1. The van der Waals surface area contributed by atoms with Crippen LogP contribution in [-0.2, 0) is 7.05 Å². The van der Waals surface area contributed by atoms with Crippen molar-refractivity contribution in [2.75, 3.05) is 0 Å². The van der Waals surface area contributed by atoms with Gasteiger partial charge in [-0.15, -0.1) is 0 Å². The van der Waals surface area contributed by atoms with Crippen molar-refractivity contribution >= 4 is 28.8 Å². The number of nitrogens with zero attached hydrogens (tertiary/aromatic N) is 1. The molecule has 0 aromatic carbocycles. The summed E-state index contributed by atoms with van der Waals surface area (Å²) < 4.78 is 1.82. The smallest absolute Gasteiger partial charge is 0.187 e.